The Morgan fingerprint density at radius 1 is 1.42 bits per heavy atom. The molecule has 1 fully saturated rings. The van der Waals surface area contributed by atoms with Crippen LogP contribution in [0.15, 0.2) is 35.3 Å². The van der Waals surface area contributed by atoms with Crippen LogP contribution >= 0.6 is 0 Å². The highest BCUT2D eigenvalue weighted by atomic mass is 15.2. The molecule has 1 saturated heterocycles. The molecular formula is C15H24N4. The van der Waals surface area contributed by atoms with Crippen molar-refractivity contribution in [2.24, 2.45) is 10.7 Å². The molecular weight excluding hydrogens is 236 g/mol. The van der Waals surface area contributed by atoms with Crippen LogP contribution in [0.2, 0.25) is 0 Å². The SMILES string of the molecule is CCN=C(N)NC1CC(C)N(Cc2ccccc2)C1. The molecule has 0 aliphatic carbocycles. The Hall–Kier alpha value is -1.55. The van der Waals surface area contributed by atoms with Gasteiger partial charge < -0.3 is 11.1 Å². The molecule has 4 heteroatoms. The van der Waals surface area contributed by atoms with Crippen LogP contribution in [-0.2, 0) is 6.54 Å². The molecule has 1 aliphatic heterocycles. The lowest BCUT2D eigenvalue weighted by Crippen LogP contribution is -2.41. The van der Waals surface area contributed by atoms with E-state index in [0.29, 0.717) is 18.0 Å². The summed E-state index contributed by atoms with van der Waals surface area (Å²) in [5, 5.41) is 3.31. The van der Waals surface area contributed by atoms with Crippen molar-refractivity contribution in [2.75, 3.05) is 13.1 Å². The van der Waals surface area contributed by atoms with E-state index in [1.165, 1.54) is 5.56 Å². The molecule has 19 heavy (non-hydrogen) atoms. The molecule has 4 nitrogen and oxygen atoms in total. The molecule has 2 atom stereocenters. The number of aliphatic imine (C=N–C) groups is 1. The number of hydrogen-bond donors (Lipinski definition) is 2. The Kier molecular flexibility index (Phi) is 4.80. The zero-order valence-corrected chi connectivity index (χ0v) is 11.8. The summed E-state index contributed by atoms with van der Waals surface area (Å²) in [7, 11) is 0. The van der Waals surface area contributed by atoms with E-state index < -0.39 is 0 Å². The second-order valence-electron chi connectivity index (χ2n) is 5.20. The van der Waals surface area contributed by atoms with Crippen molar-refractivity contribution in [3.8, 4) is 0 Å². The molecule has 2 unspecified atom stereocenters. The quantitative estimate of drug-likeness (QED) is 0.638. The van der Waals surface area contributed by atoms with Gasteiger partial charge in [-0.15, -0.1) is 0 Å². The van der Waals surface area contributed by atoms with Crippen LogP contribution in [0.5, 0.6) is 0 Å². The second-order valence-corrected chi connectivity index (χ2v) is 5.20. The number of nitrogens with two attached hydrogens (primary N) is 1. The third-order valence-corrected chi connectivity index (χ3v) is 3.61. The fourth-order valence-electron chi connectivity index (χ4n) is 2.67. The smallest absolute Gasteiger partial charge is 0.188 e. The third kappa shape index (κ3) is 3.96. The number of nitrogens with zero attached hydrogens (tertiary/aromatic N) is 2. The summed E-state index contributed by atoms with van der Waals surface area (Å²) >= 11 is 0. The van der Waals surface area contributed by atoms with E-state index >= 15 is 0 Å². The predicted molar refractivity (Wildman–Crippen MR) is 80.0 cm³/mol. The summed E-state index contributed by atoms with van der Waals surface area (Å²) in [6.07, 6.45) is 1.12. The molecule has 1 heterocycles. The van der Waals surface area contributed by atoms with E-state index in [1.807, 2.05) is 6.92 Å². The normalized spacial score (nSPS) is 24.6. The van der Waals surface area contributed by atoms with Crippen molar-refractivity contribution in [2.45, 2.75) is 38.9 Å². The molecule has 2 rings (SSSR count). The first kappa shape index (κ1) is 13.9. The zero-order valence-electron chi connectivity index (χ0n) is 11.8. The van der Waals surface area contributed by atoms with E-state index in [9.17, 15) is 0 Å². The van der Waals surface area contributed by atoms with Gasteiger partial charge in [-0.3, -0.25) is 9.89 Å². The van der Waals surface area contributed by atoms with Gasteiger partial charge in [-0.25, -0.2) is 0 Å². The van der Waals surface area contributed by atoms with Gasteiger partial charge in [-0.05, 0) is 25.8 Å². The summed E-state index contributed by atoms with van der Waals surface area (Å²) in [6.45, 7) is 7.03. The van der Waals surface area contributed by atoms with E-state index in [-0.39, 0.29) is 0 Å². The van der Waals surface area contributed by atoms with Gasteiger partial charge in [0.2, 0.25) is 0 Å². The highest BCUT2D eigenvalue weighted by Crippen LogP contribution is 2.19. The number of likely N-dealkylation sites (tertiary alicyclic amines) is 1. The lowest BCUT2D eigenvalue weighted by Gasteiger charge is -2.20. The highest BCUT2D eigenvalue weighted by molar-refractivity contribution is 5.78. The molecule has 3 N–H and O–H groups in total. The van der Waals surface area contributed by atoms with Gasteiger partial charge in [0.1, 0.15) is 0 Å². The van der Waals surface area contributed by atoms with Gasteiger partial charge in [-0.2, -0.15) is 0 Å². The minimum absolute atomic E-state index is 0.411. The molecule has 1 aromatic rings. The molecule has 0 saturated carbocycles. The van der Waals surface area contributed by atoms with Gasteiger partial charge in [0.25, 0.3) is 0 Å². The Labute approximate surface area is 115 Å². The number of benzene rings is 1. The summed E-state index contributed by atoms with van der Waals surface area (Å²) < 4.78 is 0. The van der Waals surface area contributed by atoms with Crippen molar-refractivity contribution in [1.29, 1.82) is 0 Å². The minimum atomic E-state index is 0.411. The molecule has 0 radical (unpaired) electrons. The molecule has 1 aliphatic rings. The van der Waals surface area contributed by atoms with Crippen LogP contribution in [0.1, 0.15) is 25.8 Å². The van der Waals surface area contributed by atoms with Crippen LogP contribution in [0.4, 0.5) is 0 Å². The molecule has 1 aromatic carbocycles. The standard InChI is InChI=1S/C15H24N4/c1-3-17-15(16)18-14-9-12(2)19(11-14)10-13-7-5-4-6-8-13/h4-8,12,14H,3,9-11H2,1-2H3,(H3,16,17,18). The summed E-state index contributed by atoms with van der Waals surface area (Å²) in [5.41, 5.74) is 7.19. The Morgan fingerprint density at radius 3 is 2.84 bits per heavy atom. The van der Waals surface area contributed by atoms with Gasteiger partial charge in [0, 0.05) is 31.7 Å². The van der Waals surface area contributed by atoms with Crippen molar-refractivity contribution < 1.29 is 0 Å². The summed E-state index contributed by atoms with van der Waals surface area (Å²) in [6, 6.07) is 11.6. The topological polar surface area (TPSA) is 53.6 Å². The maximum Gasteiger partial charge on any atom is 0.188 e. The van der Waals surface area contributed by atoms with Crippen LogP contribution in [0, 0.1) is 0 Å². The lowest BCUT2D eigenvalue weighted by molar-refractivity contribution is 0.258. The van der Waals surface area contributed by atoms with Crippen LogP contribution in [0.25, 0.3) is 0 Å². The van der Waals surface area contributed by atoms with Gasteiger partial charge in [-0.1, -0.05) is 30.3 Å². The number of rotatable bonds is 4. The first-order valence-corrected chi connectivity index (χ1v) is 7.03. The van der Waals surface area contributed by atoms with Gasteiger partial charge in [0.15, 0.2) is 5.96 Å². The predicted octanol–water partition coefficient (Wildman–Crippen LogP) is 1.57. The summed E-state index contributed by atoms with van der Waals surface area (Å²) in [4.78, 5) is 6.68. The molecule has 104 valence electrons. The van der Waals surface area contributed by atoms with E-state index in [1.54, 1.807) is 0 Å². The van der Waals surface area contributed by atoms with Crippen LogP contribution < -0.4 is 11.1 Å². The van der Waals surface area contributed by atoms with E-state index in [4.69, 9.17) is 5.73 Å². The van der Waals surface area contributed by atoms with Crippen LogP contribution in [0.3, 0.4) is 0 Å². The van der Waals surface area contributed by atoms with E-state index in [2.05, 4.69) is 52.5 Å². The van der Waals surface area contributed by atoms with Gasteiger partial charge >= 0.3 is 0 Å². The fourth-order valence-corrected chi connectivity index (χ4v) is 2.67. The summed E-state index contributed by atoms with van der Waals surface area (Å²) in [5.74, 6) is 0.571. The maximum absolute atomic E-state index is 5.83. The Balaban J connectivity index is 1.89. The fraction of sp³-hybridized carbons (Fsp3) is 0.533. The number of guanidine groups is 1. The minimum Gasteiger partial charge on any atom is -0.370 e. The van der Waals surface area contributed by atoms with Crippen molar-refractivity contribution in [3.05, 3.63) is 35.9 Å². The molecule has 0 spiro atoms. The van der Waals surface area contributed by atoms with Crippen molar-refractivity contribution >= 4 is 5.96 Å². The lowest BCUT2D eigenvalue weighted by atomic mass is 10.2. The van der Waals surface area contributed by atoms with Crippen molar-refractivity contribution in [3.63, 3.8) is 0 Å². The number of hydrogen-bond acceptors (Lipinski definition) is 2. The second kappa shape index (κ2) is 6.57. The molecule has 0 amide bonds. The van der Waals surface area contributed by atoms with Crippen LogP contribution in [-0.4, -0.2) is 36.0 Å². The monoisotopic (exact) mass is 260 g/mol. The Morgan fingerprint density at radius 2 is 2.16 bits per heavy atom. The highest BCUT2D eigenvalue weighted by Gasteiger charge is 2.28. The van der Waals surface area contributed by atoms with Gasteiger partial charge in [0.05, 0.1) is 0 Å². The third-order valence-electron chi connectivity index (χ3n) is 3.61. The van der Waals surface area contributed by atoms with Crippen molar-refractivity contribution in [1.82, 2.24) is 10.2 Å². The molecule has 0 bridgehead atoms. The average molecular weight is 260 g/mol. The Bertz CT molecular complexity index is 415. The first-order chi connectivity index (χ1) is 9.19. The maximum atomic E-state index is 5.83. The number of nitrogens with one attached hydrogen (secondary N) is 1. The average Bonchev–Trinajstić information content (AvgIpc) is 2.71. The molecule has 0 aromatic heterocycles. The van der Waals surface area contributed by atoms with E-state index in [0.717, 1.165) is 26.1 Å². The first-order valence-electron chi connectivity index (χ1n) is 7.03. The zero-order chi connectivity index (χ0) is 13.7. The largest absolute Gasteiger partial charge is 0.370 e.